The van der Waals surface area contributed by atoms with Crippen molar-refractivity contribution in [3.8, 4) is 0 Å². The molecule has 0 atom stereocenters. The molecule has 1 aromatic carbocycles. The molecule has 29 heavy (non-hydrogen) atoms. The van der Waals surface area contributed by atoms with Crippen LogP contribution in [0.1, 0.15) is 10.4 Å². The Kier molecular flexibility index (Phi) is 6.89. The highest BCUT2D eigenvalue weighted by molar-refractivity contribution is 9.10. The van der Waals surface area contributed by atoms with E-state index >= 15 is 0 Å². The van der Waals surface area contributed by atoms with Crippen molar-refractivity contribution in [1.82, 2.24) is 0 Å². The van der Waals surface area contributed by atoms with Crippen LogP contribution in [0, 0.1) is 10.1 Å². The number of halogens is 1. The number of ether oxygens (including phenoxy) is 3. The first-order chi connectivity index (χ1) is 13.8. The fourth-order valence-corrected chi connectivity index (χ4v) is 3.03. The molecule has 0 radical (unpaired) electrons. The molecule has 0 fully saturated rings. The number of nitrogens with zero attached hydrogens (tertiary/aromatic N) is 2. The van der Waals surface area contributed by atoms with Gasteiger partial charge in [0.1, 0.15) is 11.3 Å². The SMILES string of the molecule is COC(=O)C1=C(C(=O)OC)N(c2cc(C(=O)OC)c([N+](=O)[O-])cc2Br)C=CC=C1. The number of anilines is 1. The Morgan fingerprint density at radius 2 is 1.62 bits per heavy atom. The Morgan fingerprint density at radius 3 is 2.17 bits per heavy atom. The number of hydrogen-bond acceptors (Lipinski definition) is 9. The van der Waals surface area contributed by atoms with Crippen LogP contribution in [0.5, 0.6) is 0 Å². The van der Waals surface area contributed by atoms with Gasteiger partial charge in [-0.2, -0.15) is 0 Å². The second-order valence-corrected chi connectivity index (χ2v) is 6.24. The van der Waals surface area contributed by atoms with E-state index in [0.29, 0.717) is 0 Å². The van der Waals surface area contributed by atoms with Gasteiger partial charge < -0.3 is 19.1 Å². The fraction of sp³-hybridized carbons (Fsp3) is 0.167. The summed E-state index contributed by atoms with van der Waals surface area (Å²) in [5, 5.41) is 11.3. The molecule has 11 heteroatoms. The zero-order chi connectivity index (χ0) is 21.7. The summed E-state index contributed by atoms with van der Waals surface area (Å²) >= 11 is 3.21. The number of allylic oxidation sites excluding steroid dienone is 2. The first-order valence-electron chi connectivity index (χ1n) is 7.88. The molecule has 0 aliphatic carbocycles. The summed E-state index contributed by atoms with van der Waals surface area (Å²) in [6.07, 6.45) is 5.79. The third-order valence-electron chi connectivity index (χ3n) is 3.82. The summed E-state index contributed by atoms with van der Waals surface area (Å²) in [7, 11) is 3.36. The van der Waals surface area contributed by atoms with E-state index in [9.17, 15) is 24.5 Å². The number of hydrogen-bond donors (Lipinski definition) is 0. The van der Waals surface area contributed by atoms with Gasteiger partial charge in [0, 0.05) is 16.7 Å². The normalized spacial score (nSPS) is 13.0. The number of rotatable bonds is 5. The van der Waals surface area contributed by atoms with Crippen molar-refractivity contribution in [2.45, 2.75) is 0 Å². The Balaban J connectivity index is 2.82. The van der Waals surface area contributed by atoms with E-state index in [4.69, 9.17) is 9.47 Å². The van der Waals surface area contributed by atoms with Crippen molar-refractivity contribution in [3.63, 3.8) is 0 Å². The van der Waals surface area contributed by atoms with Crippen LogP contribution >= 0.6 is 15.9 Å². The molecule has 0 saturated carbocycles. The number of benzene rings is 1. The largest absolute Gasteiger partial charge is 0.465 e. The molecular formula is C18H15BrN2O8. The third-order valence-corrected chi connectivity index (χ3v) is 4.45. The highest BCUT2D eigenvalue weighted by Gasteiger charge is 2.31. The number of esters is 3. The molecule has 0 bridgehead atoms. The van der Waals surface area contributed by atoms with Gasteiger partial charge in [-0.3, -0.25) is 10.1 Å². The average molecular weight is 467 g/mol. The maximum absolute atomic E-state index is 12.5. The summed E-state index contributed by atoms with van der Waals surface area (Å²) in [6.45, 7) is 0. The molecule has 152 valence electrons. The molecule has 1 heterocycles. The van der Waals surface area contributed by atoms with Gasteiger partial charge in [0.05, 0.1) is 37.5 Å². The van der Waals surface area contributed by atoms with Gasteiger partial charge in [-0.05, 0) is 34.1 Å². The lowest BCUT2D eigenvalue weighted by molar-refractivity contribution is -0.385. The monoisotopic (exact) mass is 466 g/mol. The molecule has 0 saturated heterocycles. The molecular weight excluding hydrogens is 452 g/mol. The molecule has 1 aliphatic heterocycles. The van der Waals surface area contributed by atoms with Gasteiger partial charge in [-0.25, -0.2) is 14.4 Å². The maximum Gasteiger partial charge on any atom is 0.355 e. The van der Waals surface area contributed by atoms with Crippen molar-refractivity contribution in [2.24, 2.45) is 0 Å². The molecule has 0 N–H and O–H groups in total. The molecule has 1 aliphatic rings. The Hall–Kier alpha value is -3.47. The van der Waals surface area contributed by atoms with Crippen LogP contribution in [-0.4, -0.2) is 44.2 Å². The van der Waals surface area contributed by atoms with Crippen molar-refractivity contribution in [3.05, 3.63) is 68.0 Å². The topological polar surface area (TPSA) is 125 Å². The van der Waals surface area contributed by atoms with Crippen molar-refractivity contribution < 1.29 is 33.5 Å². The minimum atomic E-state index is -0.945. The van der Waals surface area contributed by atoms with Crippen molar-refractivity contribution >= 4 is 45.2 Å². The number of nitro groups is 1. The summed E-state index contributed by atoms with van der Waals surface area (Å²) in [4.78, 5) is 48.6. The van der Waals surface area contributed by atoms with E-state index in [0.717, 1.165) is 27.4 Å². The summed E-state index contributed by atoms with van der Waals surface area (Å²) in [5.74, 6) is -2.62. The van der Waals surface area contributed by atoms with Gasteiger partial charge in [0.25, 0.3) is 5.69 Å². The predicted octanol–water partition coefficient (Wildman–Crippen LogP) is 2.63. The lowest BCUT2D eigenvalue weighted by Gasteiger charge is -2.24. The fourth-order valence-electron chi connectivity index (χ4n) is 2.51. The summed E-state index contributed by atoms with van der Waals surface area (Å²) in [5.41, 5.74) is -1.02. The zero-order valence-electron chi connectivity index (χ0n) is 15.5. The minimum Gasteiger partial charge on any atom is -0.465 e. The standard InChI is InChI=1S/C18H15BrN2O8/c1-27-16(22)10-6-4-5-7-20(15(10)18(24)29-3)14-8-11(17(23)28-2)13(21(25)26)9-12(14)19/h4-9H,1-3H3. The molecule has 0 aromatic heterocycles. The molecule has 10 nitrogen and oxygen atoms in total. The predicted molar refractivity (Wildman–Crippen MR) is 104 cm³/mol. The van der Waals surface area contributed by atoms with Gasteiger partial charge >= 0.3 is 17.9 Å². The van der Waals surface area contributed by atoms with Crippen LogP contribution in [0.3, 0.4) is 0 Å². The zero-order valence-corrected chi connectivity index (χ0v) is 17.1. The number of carbonyl (C=O) groups excluding carboxylic acids is 3. The molecule has 0 amide bonds. The van der Waals surface area contributed by atoms with Crippen LogP contribution in [0.4, 0.5) is 11.4 Å². The average Bonchev–Trinajstić information content (AvgIpc) is 2.94. The van der Waals surface area contributed by atoms with E-state index in [1.54, 1.807) is 0 Å². The lowest BCUT2D eigenvalue weighted by Crippen LogP contribution is -2.27. The van der Waals surface area contributed by atoms with E-state index in [1.165, 1.54) is 35.4 Å². The number of methoxy groups -OCH3 is 3. The quantitative estimate of drug-likeness (QED) is 0.278. The first kappa shape index (κ1) is 21.8. The highest BCUT2D eigenvalue weighted by atomic mass is 79.9. The summed E-state index contributed by atoms with van der Waals surface area (Å²) in [6, 6.07) is 2.27. The number of nitro benzene ring substituents is 1. The highest BCUT2D eigenvalue weighted by Crippen LogP contribution is 2.37. The third kappa shape index (κ3) is 4.35. The van der Waals surface area contributed by atoms with Crippen molar-refractivity contribution in [1.29, 1.82) is 0 Å². The van der Waals surface area contributed by atoms with E-state index in [1.807, 2.05) is 0 Å². The van der Waals surface area contributed by atoms with Crippen LogP contribution in [0.25, 0.3) is 0 Å². The molecule has 1 aromatic rings. The molecule has 0 unspecified atom stereocenters. The second-order valence-electron chi connectivity index (χ2n) is 5.39. The van der Waals surface area contributed by atoms with Gasteiger partial charge in [0.15, 0.2) is 0 Å². The van der Waals surface area contributed by atoms with E-state index < -0.39 is 28.5 Å². The minimum absolute atomic E-state index is 0.116. The van der Waals surface area contributed by atoms with E-state index in [2.05, 4.69) is 20.7 Å². The van der Waals surface area contributed by atoms with Gasteiger partial charge in [-0.15, -0.1) is 0 Å². The van der Waals surface area contributed by atoms with Crippen LogP contribution < -0.4 is 4.90 Å². The van der Waals surface area contributed by atoms with Crippen molar-refractivity contribution in [2.75, 3.05) is 26.2 Å². The second kappa shape index (κ2) is 9.15. The Morgan fingerprint density at radius 1 is 1.00 bits per heavy atom. The Bertz CT molecular complexity index is 980. The lowest BCUT2D eigenvalue weighted by atomic mass is 10.1. The molecule has 2 rings (SSSR count). The maximum atomic E-state index is 12.5. The number of carbonyl (C=O) groups is 3. The van der Waals surface area contributed by atoms with Crippen LogP contribution in [0.2, 0.25) is 0 Å². The van der Waals surface area contributed by atoms with Crippen LogP contribution in [-0.2, 0) is 23.8 Å². The smallest absolute Gasteiger partial charge is 0.355 e. The van der Waals surface area contributed by atoms with E-state index in [-0.39, 0.29) is 27.0 Å². The Labute approximate surface area is 173 Å². The van der Waals surface area contributed by atoms with Crippen LogP contribution in [0.15, 0.2) is 52.3 Å². The van der Waals surface area contributed by atoms with Gasteiger partial charge in [-0.1, -0.05) is 6.08 Å². The summed E-state index contributed by atoms with van der Waals surface area (Å²) < 4.78 is 14.3. The molecule has 0 spiro atoms. The first-order valence-corrected chi connectivity index (χ1v) is 8.67. The van der Waals surface area contributed by atoms with Gasteiger partial charge in [0.2, 0.25) is 0 Å².